The number of aromatic nitrogens is 1. The van der Waals surface area contributed by atoms with Gasteiger partial charge < -0.3 is 10.6 Å². The molecule has 0 aliphatic heterocycles. The molecule has 1 aromatic heterocycles. The molecule has 1 heterocycles. The lowest BCUT2D eigenvalue weighted by molar-refractivity contribution is 0.777. The van der Waals surface area contributed by atoms with Crippen molar-refractivity contribution in [3.8, 4) is 0 Å². The minimum Gasteiger partial charge on any atom is -0.316 e. The number of rotatable bonds is 4. The van der Waals surface area contributed by atoms with Crippen LogP contribution in [0, 0.1) is 0 Å². The van der Waals surface area contributed by atoms with E-state index < -0.39 is 0 Å². The molecule has 0 atom stereocenters. The molecule has 0 radical (unpaired) electrons. The van der Waals surface area contributed by atoms with Gasteiger partial charge in [0, 0.05) is 19.3 Å². The van der Waals surface area contributed by atoms with Crippen molar-refractivity contribution in [2.24, 2.45) is 0 Å². The SMILES string of the molecule is CNCc1ccc(CNC)nc1. The van der Waals surface area contributed by atoms with Gasteiger partial charge in [-0.05, 0) is 25.7 Å². The predicted molar refractivity (Wildman–Crippen MR) is 49.8 cm³/mol. The molecule has 3 nitrogen and oxygen atoms in total. The Hall–Kier alpha value is -0.930. The van der Waals surface area contributed by atoms with Gasteiger partial charge in [0.1, 0.15) is 0 Å². The summed E-state index contributed by atoms with van der Waals surface area (Å²) in [7, 11) is 3.85. The minimum absolute atomic E-state index is 0.833. The monoisotopic (exact) mass is 165 g/mol. The quantitative estimate of drug-likeness (QED) is 0.683. The molecule has 1 rings (SSSR count). The molecular weight excluding hydrogens is 150 g/mol. The largest absolute Gasteiger partial charge is 0.316 e. The second-order valence-electron chi connectivity index (χ2n) is 2.72. The average Bonchev–Trinajstić information content (AvgIpc) is 2.09. The summed E-state index contributed by atoms with van der Waals surface area (Å²) >= 11 is 0. The normalized spacial score (nSPS) is 10.2. The van der Waals surface area contributed by atoms with Gasteiger partial charge in [-0.2, -0.15) is 0 Å². The molecule has 0 amide bonds. The smallest absolute Gasteiger partial charge is 0.0541 e. The van der Waals surface area contributed by atoms with E-state index in [1.54, 1.807) is 0 Å². The highest BCUT2D eigenvalue weighted by atomic mass is 14.8. The second-order valence-corrected chi connectivity index (χ2v) is 2.72. The van der Waals surface area contributed by atoms with E-state index in [1.165, 1.54) is 5.56 Å². The maximum absolute atomic E-state index is 4.28. The summed E-state index contributed by atoms with van der Waals surface area (Å²) in [6.45, 7) is 1.71. The summed E-state index contributed by atoms with van der Waals surface area (Å²) in [6, 6.07) is 4.14. The van der Waals surface area contributed by atoms with Gasteiger partial charge in [0.25, 0.3) is 0 Å². The Bertz CT molecular complexity index is 193. The highest BCUT2D eigenvalue weighted by Gasteiger charge is 1.93. The van der Waals surface area contributed by atoms with E-state index in [-0.39, 0.29) is 0 Å². The van der Waals surface area contributed by atoms with Gasteiger partial charge in [0.2, 0.25) is 0 Å². The van der Waals surface area contributed by atoms with Gasteiger partial charge >= 0.3 is 0 Å². The molecule has 0 saturated heterocycles. The highest BCUT2D eigenvalue weighted by molar-refractivity contribution is 5.13. The Morgan fingerprint density at radius 1 is 1.17 bits per heavy atom. The second kappa shape index (κ2) is 4.85. The molecule has 0 bridgehead atoms. The summed E-state index contributed by atoms with van der Waals surface area (Å²) in [6.07, 6.45) is 1.91. The molecule has 1 aromatic rings. The maximum atomic E-state index is 4.28. The van der Waals surface area contributed by atoms with E-state index in [2.05, 4.69) is 21.7 Å². The van der Waals surface area contributed by atoms with Crippen molar-refractivity contribution in [3.05, 3.63) is 29.6 Å². The Morgan fingerprint density at radius 2 is 1.92 bits per heavy atom. The van der Waals surface area contributed by atoms with E-state index in [4.69, 9.17) is 0 Å². The summed E-state index contributed by atoms with van der Waals surface area (Å²) < 4.78 is 0. The van der Waals surface area contributed by atoms with Crippen molar-refractivity contribution < 1.29 is 0 Å². The van der Waals surface area contributed by atoms with Gasteiger partial charge in [-0.1, -0.05) is 6.07 Å². The Morgan fingerprint density at radius 3 is 2.42 bits per heavy atom. The zero-order chi connectivity index (χ0) is 8.81. The third-order valence-corrected chi connectivity index (χ3v) is 1.62. The topological polar surface area (TPSA) is 37.0 Å². The first-order valence-electron chi connectivity index (χ1n) is 4.10. The summed E-state index contributed by atoms with van der Waals surface area (Å²) in [5, 5.41) is 6.14. The van der Waals surface area contributed by atoms with Gasteiger partial charge in [-0.15, -0.1) is 0 Å². The Labute approximate surface area is 73.2 Å². The number of nitrogens with one attached hydrogen (secondary N) is 2. The van der Waals surface area contributed by atoms with E-state index in [0.717, 1.165) is 18.8 Å². The van der Waals surface area contributed by atoms with Gasteiger partial charge in [0.15, 0.2) is 0 Å². The van der Waals surface area contributed by atoms with Gasteiger partial charge in [0.05, 0.1) is 5.69 Å². The van der Waals surface area contributed by atoms with Crippen molar-refractivity contribution in [1.29, 1.82) is 0 Å². The van der Waals surface area contributed by atoms with Crippen LogP contribution in [0.15, 0.2) is 18.3 Å². The van der Waals surface area contributed by atoms with Crippen molar-refractivity contribution in [2.45, 2.75) is 13.1 Å². The third-order valence-electron chi connectivity index (χ3n) is 1.62. The summed E-state index contributed by atoms with van der Waals surface area (Å²) in [5.74, 6) is 0. The third kappa shape index (κ3) is 2.60. The minimum atomic E-state index is 0.833. The number of hydrogen-bond donors (Lipinski definition) is 2. The standard InChI is InChI=1S/C9H15N3/c1-10-5-8-3-4-9(7-11-2)12-6-8/h3-4,6,10-11H,5,7H2,1-2H3. The molecule has 0 aromatic carbocycles. The van der Waals surface area contributed by atoms with Crippen LogP contribution in [0.25, 0.3) is 0 Å². The molecule has 2 N–H and O–H groups in total. The Kier molecular flexibility index (Phi) is 3.70. The van der Waals surface area contributed by atoms with Crippen molar-refractivity contribution >= 4 is 0 Å². The predicted octanol–water partition coefficient (Wildman–Crippen LogP) is 0.520. The van der Waals surface area contributed by atoms with Crippen LogP contribution in [0.5, 0.6) is 0 Å². The molecule has 0 unspecified atom stereocenters. The fourth-order valence-electron chi connectivity index (χ4n) is 1.05. The molecular formula is C9H15N3. The van der Waals surface area contributed by atoms with E-state index >= 15 is 0 Å². The Balaban J connectivity index is 2.58. The van der Waals surface area contributed by atoms with E-state index in [1.807, 2.05) is 26.4 Å². The molecule has 0 spiro atoms. The van der Waals surface area contributed by atoms with Crippen molar-refractivity contribution in [2.75, 3.05) is 14.1 Å². The fourth-order valence-corrected chi connectivity index (χ4v) is 1.05. The zero-order valence-corrected chi connectivity index (χ0v) is 7.59. The van der Waals surface area contributed by atoms with Crippen LogP contribution in [0.3, 0.4) is 0 Å². The van der Waals surface area contributed by atoms with Crippen molar-refractivity contribution in [1.82, 2.24) is 15.6 Å². The molecule has 0 fully saturated rings. The number of nitrogens with zero attached hydrogens (tertiary/aromatic N) is 1. The van der Waals surface area contributed by atoms with E-state index in [0.29, 0.717) is 0 Å². The molecule has 12 heavy (non-hydrogen) atoms. The van der Waals surface area contributed by atoms with Crippen LogP contribution in [-0.4, -0.2) is 19.1 Å². The van der Waals surface area contributed by atoms with Crippen LogP contribution in [0.4, 0.5) is 0 Å². The number of hydrogen-bond acceptors (Lipinski definition) is 3. The van der Waals surface area contributed by atoms with Crippen LogP contribution in [0.1, 0.15) is 11.3 Å². The summed E-state index contributed by atoms with van der Waals surface area (Å²) in [5.41, 5.74) is 2.30. The van der Waals surface area contributed by atoms with Gasteiger partial charge in [-0.3, -0.25) is 4.98 Å². The van der Waals surface area contributed by atoms with Crippen molar-refractivity contribution in [3.63, 3.8) is 0 Å². The fraction of sp³-hybridized carbons (Fsp3) is 0.444. The lowest BCUT2D eigenvalue weighted by atomic mass is 10.2. The number of pyridine rings is 1. The van der Waals surface area contributed by atoms with Crippen LogP contribution in [0.2, 0.25) is 0 Å². The first-order valence-corrected chi connectivity index (χ1v) is 4.10. The highest BCUT2D eigenvalue weighted by Crippen LogP contribution is 1.99. The van der Waals surface area contributed by atoms with Crippen LogP contribution in [-0.2, 0) is 13.1 Å². The van der Waals surface area contributed by atoms with Gasteiger partial charge in [-0.25, -0.2) is 0 Å². The first kappa shape index (κ1) is 9.16. The molecule has 66 valence electrons. The summed E-state index contributed by atoms with van der Waals surface area (Å²) in [4.78, 5) is 4.28. The lowest BCUT2D eigenvalue weighted by Crippen LogP contribution is -2.08. The zero-order valence-electron chi connectivity index (χ0n) is 7.59. The van der Waals surface area contributed by atoms with Crippen LogP contribution < -0.4 is 10.6 Å². The average molecular weight is 165 g/mol. The lowest BCUT2D eigenvalue weighted by Gasteiger charge is -2.01. The molecule has 0 aliphatic carbocycles. The molecule has 0 aliphatic rings. The molecule has 0 saturated carbocycles. The molecule has 3 heteroatoms. The first-order chi connectivity index (χ1) is 5.86. The van der Waals surface area contributed by atoms with E-state index in [9.17, 15) is 0 Å². The maximum Gasteiger partial charge on any atom is 0.0541 e. The van der Waals surface area contributed by atoms with Crippen LogP contribution >= 0.6 is 0 Å².